The lowest BCUT2D eigenvalue weighted by atomic mass is 9.63. The summed E-state index contributed by atoms with van der Waals surface area (Å²) in [6.45, 7) is 2.29. The molecule has 2 aromatic carbocycles. The molecule has 152 valence electrons. The van der Waals surface area contributed by atoms with Gasteiger partial charge in [-0.3, -0.25) is 0 Å². The lowest BCUT2D eigenvalue weighted by molar-refractivity contribution is -0.275. The highest BCUT2D eigenvalue weighted by Gasteiger charge is 2.36. The fourth-order valence-electron chi connectivity index (χ4n) is 5.41. The average molecular weight is 394 g/mol. The molecule has 2 aliphatic carbocycles. The van der Waals surface area contributed by atoms with Gasteiger partial charge in [-0.15, -0.1) is 13.2 Å². The molecule has 0 N–H and O–H groups in total. The Kier molecular flexibility index (Phi) is 5.28. The molecule has 28 heavy (non-hydrogen) atoms. The van der Waals surface area contributed by atoms with Crippen LogP contribution in [0.25, 0.3) is 10.8 Å². The maximum absolute atomic E-state index is 14.4. The predicted octanol–water partition coefficient (Wildman–Crippen LogP) is 7.59. The molecule has 0 amide bonds. The summed E-state index contributed by atoms with van der Waals surface area (Å²) >= 11 is 0. The summed E-state index contributed by atoms with van der Waals surface area (Å²) in [5, 5.41) is 0.795. The van der Waals surface area contributed by atoms with Gasteiger partial charge in [-0.25, -0.2) is 4.39 Å². The monoisotopic (exact) mass is 394 g/mol. The first-order valence-electron chi connectivity index (χ1n) is 10.3. The number of rotatable bonds is 3. The first kappa shape index (κ1) is 19.5. The smallest absolute Gasteiger partial charge is 0.403 e. The molecule has 2 aliphatic rings. The van der Waals surface area contributed by atoms with E-state index in [1.165, 1.54) is 50.2 Å². The van der Waals surface area contributed by atoms with Crippen LogP contribution in [0.5, 0.6) is 5.75 Å². The molecule has 2 fully saturated rings. The quantitative estimate of drug-likeness (QED) is 0.487. The average Bonchev–Trinajstić information content (AvgIpc) is 2.68. The number of halogens is 4. The molecule has 5 heteroatoms. The Labute approximate surface area is 163 Å². The molecular formula is C23H26F4O. The number of alkyl halides is 3. The van der Waals surface area contributed by atoms with Gasteiger partial charge in [0.2, 0.25) is 0 Å². The molecule has 0 aliphatic heterocycles. The van der Waals surface area contributed by atoms with Gasteiger partial charge in [-0.2, -0.15) is 0 Å². The summed E-state index contributed by atoms with van der Waals surface area (Å²) < 4.78 is 55.5. The van der Waals surface area contributed by atoms with Crippen molar-refractivity contribution >= 4 is 10.8 Å². The topological polar surface area (TPSA) is 9.23 Å². The van der Waals surface area contributed by atoms with Crippen molar-refractivity contribution in [2.45, 2.75) is 64.1 Å². The number of ether oxygens (including phenoxy) is 1. The third kappa shape index (κ3) is 3.99. The van der Waals surface area contributed by atoms with Crippen LogP contribution in [0.15, 0.2) is 30.3 Å². The highest BCUT2D eigenvalue weighted by Crippen LogP contribution is 2.48. The van der Waals surface area contributed by atoms with Gasteiger partial charge in [0.25, 0.3) is 0 Å². The van der Waals surface area contributed by atoms with Crippen LogP contribution in [0.1, 0.15) is 63.4 Å². The van der Waals surface area contributed by atoms with Crippen LogP contribution in [0.2, 0.25) is 0 Å². The third-order valence-electron chi connectivity index (χ3n) is 6.94. The minimum Gasteiger partial charge on any atom is -0.403 e. The van der Waals surface area contributed by atoms with Crippen molar-refractivity contribution in [2.75, 3.05) is 0 Å². The van der Waals surface area contributed by atoms with Gasteiger partial charge >= 0.3 is 6.36 Å². The summed E-state index contributed by atoms with van der Waals surface area (Å²) in [5.74, 6) is 1.22. The molecule has 2 unspecified atom stereocenters. The molecule has 4 atom stereocenters. The molecule has 0 radical (unpaired) electrons. The van der Waals surface area contributed by atoms with E-state index < -0.39 is 17.9 Å². The van der Waals surface area contributed by atoms with Gasteiger partial charge < -0.3 is 4.74 Å². The minimum atomic E-state index is -4.90. The lowest BCUT2D eigenvalue weighted by Crippen LogP contribution is -2.30. The molecule has 2 aromatic rings. The van der Waals surface area contributed by atoms with Gasteiger partial charge in [0, 0.05) is 5.39 Å². The van der Waals surface area contributed by atoms with Crippen molar-refractivity contribution in [3.8, 4) is 5.75 Å². The van der Waals surface area contributed by atoms with Crippen LogP contribution in [0.3, 0.4) is 0 Å². The van der Waals surface area contributed by atoms with Gasteiger partial charge in [0.15, 0.2) is 11.6 Å². The van der Waals surface area contributed by atoms with Gasteiger partial charge in [0.05, 0.1) is 0 Å². The number of fused-ring (bicyclic) bond motifs is 2. The Bertz CT molecular complexity index is 844. The molecule has 4 rings (SSSR count). The molecule has 2 saturated carbocycles. The summed E-state index contributed by atoms with van der Waals surface area (Å²) in [7, 11) is 0. The van der Waals surface area contributed by atoms with Crippen LogP contribution >= 0.6 is 0 Å². The van der Waals surface area contributed by atoms with Gasteiger partial charge in [0.1, 0.15) is 0 Å². The third-order valence-corrected chi connectivity index (χ3v) is 6.94. The fourth-order valence-corrected chi connectivity index (χ4v) is 5.41. The highest BCUT2D eigenvalue weighted by atomic mass is 19.4. The Morgan fingerprint density at radius 3 is 2.46 bits per heavy atom. The molecular weight excluding hydrogens is 368 g/mol. The van der Waals surface area contributed by atoms with Crippen molar-refractivity contribution in [1.82, 2.24) is 0 Å². The van der Waals surface area contributed by atoms with E-state index in [9.17, 15) is 17.6 Å². The van der Waals surface area contributed by atoms with Crippen LogP contribution in [0.4, 0.5) is 17.6 Å². The van der Waals surface area contributed by atoms with Gasteiger partial charge in [-0.1, -0.05) is 44.0 Å². The second-order valence-electron chi connectivity index (χ2n) is 8.52. The van der Waals surface area contributed by atoms with E-state index in [1.807, 2.05) is 12.1 Å². The molecule has 0 aromatic heterocycles. The summed E-state index contributed by atoms with van der Waals surface area (Å²) in [5.41, 5.74) is 1.17. The Morgan fingerprint density at radius 1 is 0.964 bits per heavy atom. The maximum atomic E-state index is 14.4. The number of hydrogen-bond acceptors (Lipinski definition) is 1. The predicted molar refractivity (Wildman–Crippen MR) is 102 cm³/mol. The number of hydrogen-bond donors (Lipinski definition) is 0. The fraction of sp³-hybridized carbons (Fsp3) is 0.565. The highest BCUT2D eigenvalue weighted by molar-refractivity contribution is 5.85. The van der Waals surface area contributed by atoms with E-state index >= 15 is 0 Å². The van der Waals surface area contributed by atoms with E-state index in [0.29, 0.717) is 11.3 Å². The summed E-state index contributed by atoms with van der Waals surface area (Å²) in [6.07, 6.45) is 3.93. The van der Waals surface area contributed by atoms with Crippen molar-refractivity contribution < 1.29 is 22.3 Å². The molecule has 0 bridgehead atoms. The zero-order valence-electron chi connectivity index (χ0n) is 16.1. The first-order chi connectivity index (χ1) is 13.3. The van der Waals surface area contributed by atoms with E-state index in [0.717, 1.165) is 30.2 Å². The molecule has 1 nitrogen and oxygen atoms in total. The standard InChI is InChI=1S/C23H26F4O/c1-2-14-3-4-16-12-17(6-5-15(16)11-14)18-7-9-20-19(13-18)8-10-21(22(20)24)28-23(25,26)27/h7-10,13-17H,2-6,11-12H2,1H3/t14-,15?,16-,17?/m1/s1. The Balaban J connectivity index is 1.53. The van der Waals surface area contributed by atoms with Crippen LogP contribution in [-0.2, 0) is 0 Å². The van der Waals surface area contributed by atoms with E-state index in [-0.39, 0.29) is 5.39 Å². The Morgan fingerprint density at radius 2 is 1.71 bits per heavy atom. The summed E-state index contributed by atoms with van der Waals surface area (Å²) in [6, 6.07) is 8.01. The van der Waals surface area contributed by atoms with E-state index in [1.54, 1.807) is 6.07 Å². The van der Waals surface area contributed by atoms with Crippen LogP contribution < -0.4 is 4.74 Å². The second-order valence-corrected chi connectivity index (χ2v) is 8.52. The van der Waals surface area contributed by atoms with Crippen molar-refractivity contribution in [1.29, 1.82) is 0 Å². The van der Waals surface area contributed by atoms with Gasteiger partial charge in [-0.05, 0) is 72.8 Å². The van der Waals surface area contributed by atoms with E-state index in [2.05, 4.69) is 11.7 Å². The zero-order valence-corrected chi connectivity index (χ0v) is 16.1. The zero-order chi connectivity index (χ0) is 19.9. The number of benzene rings is 2. The molecule has 0 saturated heterocycles. The molecule has 0 heterocycles. The van der Waals surface area contributed by atoms with Crippen molar-refractivity contribution in [3.63, 3.8) is 0 Å². The largest absolute Gasteiger partial charge is 0.573 e. The SMILES string of the molecule is CC[C@@H]1CC[C@@H]2CC(c3ccc4c(F)c(OC(F)(F)F)ccc4c3)CCC2C1. The Hall–Kier alpha value is -1.78. The summed E-state index contributed by atoms with van der Waals surface area (Å²) in [4.78, 5) is 0. The van der Waals surface area contributed by atoms with Crippen LogP contribution in [0, 0.1) is 23.6 Å². The van der Waals surface area contributed by atoms with E-state index in [4.69, 9.17) is 0 Å². The van der Waals surface area contributed by atoms with Crippen molar-refractivity contribution in [2.24, 2.45) is 17.8 Å². The maximum Gasteiger partial charge on any atom is 0.573 e. The first-order valence-corrected chi connectivity index (χ1v) is 10.3. The van der Waals surface area contributed by atoms with Crippen molar-refractivity contribution in [3.05, 3.63) is 41.7 Å². The normalized spacial score (nSPS) is 28.2. The van der Waals surface area contributed by atoms with Crippen LogP contribution in [-0.4, -0.2) is 6.36 Å². The molecule has 0 spiro atoms. The lowest BCUT2D eigenvalue weighted by Gasteiger charge is -2.42. The second kappa shape index (κ2) is 7.57. The minimum absolute atomic E-state index is 0.169.